The standard InChI is InChI=1S/C43H82O5/c1-3-5-7-9-11-13-15-17-19-20-21-22-24-26-28-30-32-34-36-38-43(46)48-41(39-44)40-47-42(45)37-35-33-31-29-27-25-23-18-16-14-12-10-8-6-4-2/h18,23,41,44H,3-17,19-22,24-40H2,1-2H3/t41-/m0/s1. The van der Waals surface area contributed by atoms with Crippen molar-refractivity contribution in [3.05, 3.63) is 12.2 Å². The van der Waals surface area contributed by atoms with Crippen molar-refractivity contribution in [1.82, 2.24) is 0 Å². The van der Waals surface area contributed by atoms with Gasteiger partial charge in [-0.1, -0.05) is 193 Å². The van der Waals surface area contributed by atoms with Gasteiger partial charge in [0.05, 0.1) is 6.61 Å². The van der Waals surface area contributed by atoms with Crippen molar-refractivity contribution in [3.8, 4) is 0 Å². The van der Waals surface area contributed by atoms with E-state index in [9.17, 15) is 14.7 Å². The maximum absolute atomic E-state index is 12.2. The molecule has 5 nitrogen and oxygen atoms in total. The third kappa shape index (κ3) is 37.5. The summed E-state index contributed by atoms with van der Waals surface area (Å²) in [6.45, 7) is 4.15. The SMILES string of the molecule is CCCCCCCCC=CCCCCCCCC(=O)OC[C@H](CO)OC(=O)CCCCCCCCCCCCCCCCCCCCC. The molecule has 0 aromatic heterocycles. The van der Waals surface area contributed by atoms with E-state index in [1.54, 1.807) is 0 Å². The number of esters is 2. The van der Waals surface area contributed by atoms with Crippen molar-refractivity contribution in [2.24, 2.45) is 0 Å². The molecule has 0 aliphatic rings. The van der Waals surface area contributed by atoms with Crippen LogP contribution >= 0.6 is 0 Å². The van der Waals surface area contributed by atoms with E-state index in [-0.39, 0.29) is 25.2 Å². The summed E-state index contributed by atoms with van der Waals surface area (Å²) >= 11 is 0. The smallest absolute Gasteiger partial charge is 0.306 e. The van der Waals surface area contributed by atoms with E-state index in [2.05, 4.69) is 26.0 Å². The highest BCUT2D eigenvalue weighted by Crippen LogP contribution is 2.15. The van der Waals surface area contributed by atoms with Crippen LogP contribution < -0.4 is 0 Å². The average Bonchev–Trinajstić information content (AvgIpc) is 3.09. The summed E-state index contributed by atoms with van der Waals surface area (Å²) in [4.78, 5) is 24.3. The molecule has 0 rings (SSSR count). The third-order valence-corrected chi connectivity index (χ3v) is 9.56. The molecule has 0 saturated heterocycles. The fourth-order valence-corrected chi connectivity index (χ4v) is 6.31. The molecule has 1 N–H and O–H groups in total. The largest absolute Gasteiger partial charge is 0.462 e. The topological polar surface area (TPSA) is 72.8 Å². The Bertz CT molecular complexity index is 691. The Morgan fingerprint density at radius 1 is 0.458 bits per heavy atom. The zero-order chi connectivity index (χ0) is 35.0. The van der Waals surface area contributed by atoms with Gasteiger partial charge in [-0.2, -0.15) is 0 Å². The van der Waals surface area contributed by atoms with E-state index in [1.807, 2.05) is 0 Å². The average molecular weight is 679 g/mol. The van der Waals surface area contributed by atoms with Gasteiger partial charge in [0.1, 0.15) is 6.61 Å². The first kappa shape index (κ1) is 46.6. The molecule has 0 unspecified atom stereocenters. The third-order valence-electron chi connectivity index (χ3n) is 9.56. The summed E-state index contributed by atoms with van der Waals surface area (Å²) < 4.78 is 10.6. The van der Waals surface area contributed by atoms with E-state index in [4.69, 9.17) is 9.47 Å². The van der Waals surface area contributed by atoms with E-state index in [0.717, 1.165) is 44.9 Å². The van der Waals surface area contributed by atoms with Crippen LogP contribution in [0.2, 0.25) is 0 Å². The summed E-state index contributed by atoms with van der Waals surface area (Å²) in [5.41, 5.74) is 0. The van der Waals surface area contributed by atoms with E-state index >= 15 is 0 Å². The van der Waals surface area contributed by atoms with Crippen molar-refractivity contribution in [1.29, 1.82) is 0 Å². The molecule has 0 saturated carbocycles. The molecule has 0 amide bonds. The Balaban J connectivity index is 3.50. The van der Waals surface area contributed by atoms with Gasteiger partial charge in [0.15, 0.2) is 6.10 Å². The fourth-order valence-electron chi connectivity index (χ4n) is 6.31. The molecule has 0 aromatic carbocycles. The van der Waals surface area contributed by atoms with Gasteiger partial charge < -0.3 is 14.6 Å². The highest BCUT2D eigenvalue weighted by atomic mass is 16.6. The van der Waals surface area contributed by atoms with Gasteiger partial charge in [0.25, 0.3) is 0 Å². The second kappa shape index (κ2) is 40.1. The molecule has 0 heterocycles. The van der Waals surface area contributed by atoms with Crippen LogP contribution in [0, 0.1) is 0 Å². The highest BCUT2D eigenvalue weighted by Gasteiger charge is 2.16. The van der Waals surface area contributed by atoms with Crippen LogP contribution in [0.25, 0.3) is 0 Å². The molecule has 0 fully saturated rings. The minimum atomic E-state index is -0.768. The molecule has 0 spiro atoms. The molecule has 0 bridgehead atoms. The Labute approximate surface area is 299 Å². The Morgan fingerprint density at radius 2 is 0.771 bits per heavy atom. The van der Waals surface area contributed by atoms with Gasteiger partial charge in [-0.3, -0.25) is 9.59 Å². The van der Waals surface area contributed by atoms with Gasteiger partial charge >= 0.3 is 11.9 Å². The van der Waals surface area contributed by atoms with Crippen molar-refractivity contribution in [3.63, 3.8) is 0 Å². The molecule has 0 aliphatic heterocycles. The summed E-state index contributed by atoms with van der Waals surface area (Å²) in [5.74, 6) is -0.588. The van der Waals surface area contributed by atoms with Crippen LogP contribution in [-0.2, 0) is 19.1 Å². The lowest BCUT2D eigenvalue weighted by Gasteiger charge is -2.15. The van der Waals surface area contributed by atoms with Crippen LogP contribution in [0.4, 0.5) is 0 Å². The number of ether oxygens (including phenoxy) is 2. The molecular weight excluding hydrogens is 596 g/mol. The molecule has 0 aliphatic carbocycles. The van der Waals surface area contributed by atoms with Crippen LogP contribution in [0.1, 0.15) is 232 Å². The Morgan fingerprint density at radius 3 is 1.12 bits per heavy atom. The van der Waals surface area contributed by atoms with Gasteiger partial charge in [-0.25, -0.2) is 0 Å². The number of hydrogen-bond acceptors (Lipinski definition) is 5. The quantitative estimate of drug-likeness (QED) is 0.0398. The van der Waals surface area contributed by atoms with E-state index in [1.165, 1.54) is 161 Å². The maximum Gasteiger partial charge on any atom is 0.306 e. The monoisotopic (exact) mass is 679 g/mol. The number of rotatable bonds is 39. The summed E-state index contributed by atoms with van der Waals surface area (Å²) in [5, 5.41) is 9.57. The zero-order valence-electron chi connectivity index (χ0n) is 32.3. The molecule has 0 radical (unpaired) electrons. The predicted octanol–water partition coefficient (Wildman–Crippen LogP) is 13.3. The maximum atomic E-state index is 12.2. The summed E-state index contributed by atoms with van der Waals surface area (Å²) in [6, 6.07) is 0. The molecule has 1 atom stereocenters. The molecule has 284 valence electrons. The van der Waals surface area contributed by atoms with Crippen LogP contribution in [0.3, 0.4) is 0 Å². The van der Waals surface area contributed by atoms with Gasteiger partial charge in [-0.05, 0) is 38.5 Å². The van der Waals surface area contributed by atoms with E-state index < -0.39 is 6.10 Å². The first-order chi connectivity index (χ1) is 23.6. The van der Waals surface area contributed by atoms with Gasteiger partial charge in [-0.15, -0.1) is 0 Å². The second-order valence-corrected chi connectivity index (χ2v) is 14.4. The Hall–Kier alpha value is -1.36. The number of unbranched alkanes of at least 4 members (excludes halogenated alkanes) is 29. The summed E-state index contributed by atoms with van der Waals surface area (Å²) in [7, 11) is 0. The zero-order valence-corrected chi connectivity index (χ0v) is 32.3. The number of allylic oxidation sites excluding steroid dienone is 2. The van der Waals surface area contributed by atoms with Gasteiger partial charge in [0.2, 0.25) is 0 Å². The number of carbonyl (C=O) groups excluding carboxylic acids is 2. The number of aliphatic hydroxyl groups excluding tert-OH is 1. The van der Waals surface area contributed by atoms with Crippen molar-refractivity contribution in [2.75, 3.05) is 13.2 Å². The van der Waals surface area contributed by atoms with Crippen LogP contribution in [-0.4, -0.2) is 36.4 Å². The van der Waals surface area contributed by atoms with Crippen LogP contribution in [0.5, 0.6) is 0 Å². The lowest BCUT2D eigenvalue weighted by molar-refractivity contribution is -0.161. The van der Waals surface area contributed by atoms with Crippen molar-refractivity contribution in [2.45, 2.75) is 238 Å². The molecule has 48 heavy (non-hydrogen) atoms. The lowest BCUT2D eigenvalue weighted by Crippen LogP contribution is -2.28. The van der Waals surface area contributed by atoms with E-state index in [0.29, 0.717) is 12.8 Å². The normalized spacial score (nSPS) is 12.1. The summed E-state index contributed by atoms with van der Waals surface area (Å²) in [6.07, 6.45) is 45.6. The van der Waals surface area contributed by atoms with Gasteiger partial charge in [0, 0.05) is 12.8 Å². The van der Waals surface area contributed by atoms with Crippen LogP contribution in [0.15, 0.2) is 12.2 Å². The highest BCUT2D eigenvalue weighted by molar-refractivity contribution is 5.70. The first-order valence-corrected chi connectivity index (χ1v) is 21.2. The number of hydrogen-bond donors (Lipinski definition) is 1. The predicted molar refractivity (Wildman–Crippen MR) is 205 cm³/mol. The lowest BCUT2D eigenvalue weighted by atomic mass is 10.0. The minimum absolute atomic E-state index is 0.0641. The first-order valence-electron chi connectivity index (χ1n) is 21.2. The fraction of sp³-hybridized carbons (Fsp3) is 0.907. The van der Waals surface area contributed by atoms with Crippen molar-refractivity contribution < 1.29 is 24.2 Å². The second-order valence-electron chi connectivity index (χ2n) is 14.4. The van der Waals surface area contributed by atoms with Crippen molar-refractivity contribution >= 4 is 11.9 Å². The molecular formula is C43H82O5. The minimum Gasteiger partial charge on any atom is -0.462 e. The number of aliphatic hydroxyl groups is 1. The molecule has 0 aromatic rings. The molecule has 5 heteroatoms. The number of carbonyl (C=O) groups is 2. The Kier molecular flexibility index (Phi) is 38.9.